The molecular weight excluding hydrogens is 592 g/mol. The van der Waals surface area contributed by atoms with E-state index >= 15 is 0 Å². The average molecular weight is 608 g/mol. The summed E-state index contributed by atoms with van der Waals surface area (Å²) in [4.78, 5) is 37.3. The highest BCUT2D eigenvalue weighted by molar-refractivity contribution is 9.10. The molecule has 0 fully saturated rings. The first-order chi connectivity index (χ1) is 17.7. The quantitative estimate of drug-likeness (QED) is 0.292. The first-order valence-corrected chi connectivity index (χ1v) is 11.3. The van der Waals surface area contributed by atoms with Crippen molar-refractivity contribution in [2.75, 3.05) is 18.5 Å². The Kier molecular flexibility index (Phi) is 8.49. The molecule has 0 aliphatic carbocycles. The molecule has 8 nitrogen and oxygen atoms in total. The molecule has 1 N–H and O–H groups in total. The number of carbonyl (C=O) groups excluding carboxylic acids is 2. The minimum atomic E-state index is -5.12. The fraction of sp³-hybridized carbons (Fsp3) is 0.217. The number of nitrogens with one attached hydrogen (secondary N) is 1. The van der Waals surface area contributed by atoms with Gasteiger partial charge in [-0.05, 0) is 43.3 Å². The van der Waals surface area contributed by atoms with Crippen molar-refractivity contribution in [2.45, 2.75) is 19.3 Å². The van der Waals surface area contributed by atoms with E-state index in [0.717, 1.165) is 10.7 Å². The van der Waals surface area contributed by atoms with Gasteiger partial charge in [0.1, 0.15) is 0 Å². The number of ether oxygens (including phenoxy) is 2. The van der Waals surface area contributed by atoms with Crippen molar-refractivity contribution in [3.05, 3.63) is 80.2 Å². The van der Waals surface area contributed by atoms with Crippen molar-refractivity contribution in [3.8, 4) is 11.4 Å². The summed E-state index contributed by atoms with van der Waals surface area (Å²) in [5.74, 6) is -2.68. The molecule has 2 aromatic carbocycles. The van der Waals surface area contributed by atoms with Crippen LogP contribution in [-0.2, 0) is 21.9 Å². The third kappa shape index (κ3) is 7.12. The summed E-state index contributed by atoms with van der Waals surface area (Å²) in [6, 6.07) is 7.70. The first kappa shape index (κ1) is 28.7. The first-order valence-electron chi connectivity index (χ1n) is 10.5. The van der Waals surface area contributed by atoms with E-state index in [-0.39, 0.29) is 18.4 Å². The van der Waals surface area contributed by atoms with Crippen molar-refractivity contribution in [2.24, 2.45) is 0 Å². The van der Waals surface area contributed by atoms with Crippen LogP contribution in [0.3, 0.4) is 0 Å². The van der Waals surface area contributed by atoms with E-state index in [4.69, 9.17) is 9.47 Å². The van der Waals surface area contributed by atoms with Crippen molar-refractivity contribution < 1.29 is 45.4 Å². The average Bonchev–Trinajstić information content (AvgIpc) is 2.81. The minimum Gasteiger partial charge on any atom is -0.481 e. The maximum Gasteiger partial charge on any atom is 0.416 e. The summed E-state index contributed by atoms with van der Waals surface area (Å²) < 4.78 is 89.9. The zero-order valence-corrected chi connectivity index (χ0v) is 20.7. The van der Waals surface area contributed by atoms with Crippen molar-refractivity contribution in [1.82, 2.24) is 9.78 Å². The topological polar surface area (TPSA) is 99.5 Å². The van der Waals surface area contributed by atoms with Crippen LogP contribution in [0.1, 0.15) is 28.5 Å². The highest BCUT2D eigenvalue weighted by atomic mass is 79.9. The Morgan fingerprint density at radius 2 is 1.63 bits per heavy atom. The molecular formula is C23H16BrF6N3O5. The lowest BCUT2D eigenvalue weighted by Gasteiger charge is -2.15. The SMILES string of the molecule is CCOC(=O)c1nn(-c2cccc(Br)c2)c(=O)cc1OCC(=O)Nc1cc(C(F)(F)F)cc(C(F)(F)F)c1. The number of hydrogen-bond acceptors (Lipinski definition) is 6. The van der Waals surface area contributed by atoms with Gasteiger partial charge in [-0.3, -0.25) is 9.59 Å². The zero-order valence-electron chi connectivity index (χ0n) is 19.1. The summed E-state index contributed by atoms with van der Waals surface area (Å²) in [6.45, 7) is 0.431. The number of esters is 1. The van der Waals surface area contributed by atoms with Crippen LogP contribution < -0.4 is 15.6 Å². The van der Waals surface area contributed by atoms with Crippen LogP contribution in [0.4, 0.5) is 32.0 Å². The van der Waals surface area contributed by atoms with Gasteiger partial charge in [-0.25, -0.2) is 4.79 Å². The van der Waals surface area contributed by atoms with E-state index in [0.29, 0.717) is 16.6 Å². The Morgan fingerprint density at radius 1 is 1.00 bits per heavy atom. The fourth-order valence-electron chi connectivity index (χ4n) is 3.05. The Bertz CT molecular complexity index is 1390. The Balaban J connectivity index is 1.88. The predicted octanol–water partition coefficient (Wildman–Crippen LogP) is 5.23. The number of amides is 1. The highest BCUT2D eigenvalue weighted by Gasteiger charge is 2.37. The Morgan fingerprint density at radius 3 is 2.18 bits per heavy atom. The largest absolute Gasteiger partial charge is 0.481 e. The molecule has 0 aliphatic rings. The normalized spacial score (nSPS) is 11.7. The van der Waals surface area contributed by atoms with Crippen LogP contribution >= 0.6 is 15.9 Å². The number of hydrogen-bond donors (Lipinski definition) is 1. The molecule has 0 saturated heterocycles. The number of aromatic nitrogens is 2. The monoisotopic (exact) mass is 607 g/mol. The van der Waals surface area contributed by atoms with Crippen molar-refractivity contribution in [3.63, 3.8) is 0 Å². The maximum absolute atomic E-state index is 13.1. The molecule has 15 heteroatoms. The van der Waals surface area contributed by atoms with Crippen LogP contribution in [0, 0.1) is 0 Å². The molecule has 1 heterocycles. The van der Waals surface area contributed by atoms with Gasteiger partial charge >= 0.3 is 18.3 Å². The van der Waals surface area contributed by atoms with E-state index in [2.05, 4.69) is 21.0 Å². The Labute approximate surface area is 218 Å². The lowest BCUT2D eigenvalue weighted by molar-refractivity contribution is -0.143. The van der Waals surface area contributed by atoms with Gasteiger partial charge in [-0.15, -0.1) is 0 Å². The van der Waals surface area contributed by atoms with Gasteiger partial charge in [0.2, 0.25) is 5.69 Å². The lowest BCUT2D eigenvalue weighted by atomic mass is 10.1. The van der Waals surface area contributed by atoms with Crippen LogP contribution in [0.5, 0.6) is 5.75 Å². The number of halogens is 7. The van der Waals surface area contributed by atoms with Crippen LogP contribution in [-0.4, -0.2) is 34.9 Å². The molecule has 0 unspecified atom stereocenters. The number of benzene rings is 2. The second-order valence-corrected chi connectivity index (χ2v) is 8.35. The van der Waals surface area contributed by atoms with E-state index in [9.17, 15) is 40.7 Å². The summed E-state index contributed by atoms with van der Waals surface area (Å²) >= 11 is 3.24. The molecule has 3 aromatic rings. The second-order valence-electron chi connectivity index (χ2n) is 7.44. The van der Waals surface area contributed by atoms with Gasteiger partial charge in [-0.2, -0.15) is 36.1 Å². The molecule has 1 amide bonds. The van der Waals surface area contributed by atoms with Gasteiger partial charge in [0.25, 0.3) is 11.5 Å². The molecule has 0 bridgehead atoms. The molecule has 0 spiro atoms. The number of alkyl halides is 6. The maximum atomic E-state index is 13.1. The smallest absolute Gasteiger partial charge is 0.416 e. The standard InChI is InChI=1S/C23H16BrF6N3O5/c1-2-37-21(36)20-17(10-19(35)33(32-20)16-5-3-4-14(24)9-16)38-11-18(34)31-15-7-12(22(25,26)27)6-13(8-15)23(28,29)30/h3-10H,2,11H2,1H3,(H,31,34). The van der Waals surface area contributed by atoms with Crippen LogP contribution in [0.15, 0.2) is 57.8 Å². The van der Waals surface area contributed by atoms with E-state index < -0.39 is 64.7 Å². The summed E-state index contributed by atoms with van der Waals surface area (Å²) in [5.41, 5.74) is -5.07. The van der Waals surface area contributed by atoms with Crippen LogP contribution in [0.2, 0.25) is 0 Å². The molecule has 0 radical (unpaired) electrons. The molecule has 202 valence electrons. The third-order valence-corrected chi connectivity index (χ3v) is 5.14. The van der Waals surface area contributed by atoms with E-state index in [1.807, 2.05) is 5.32 Å². The van der Waals surface area contributed by atoms with E-state index in [1.54, 1.807) is 12.1 Å². The number of rotatable bonds is 7. The second kappa shape index (κ2) is 11.2. The number of carbonyl (C=O) groups is 2. The molecule has 0 saturated carbocycles. The molecule has 38 heavy (non-hydrogen) atoms. The number of anilines is 1. The van der Waals surface area contributed by atoms with Gasteiger partial charge in [0.15, 0.2) is 12.4 Å². The van der Waals surface area contributed by atoms with E-state index in [1.165, 1.54) is 19.1 Å². The van der Waals surface area contributed by atoms with Gasteiger partial charge in [0, 0.05) is 10.2 Å². The predicted molar refractivity (Wildman–Crippen MR) is 124 cm³/mol. The minimum absolute atomic E-state index is 0.0759. The Hall–Kier alpha value is -3.88. The third-order valence-electron chi connectivity index (χ3n) is 4.65. The van der Waals surface area contributed by atoms with Gasteiger partial charge in [0.05, 0.1) is 29.5 Å². The van der Waals surface area contributed by atoms with Crippen LogP contribution in [0.25, 0.3) is 5.69 Å². The fourth-order valence-corrected chi connectivity index (χ4v) is 3.44. The highest BCUT2D eigenvalue weighted by Crippen LogP contribution is 2.37. The lowest BCUT2D eigenvalue weighted by Crippen LogP contribution is -2.27. The molecule has 0 atom stereocenters. The van der Waals surface area contributed by atoms with Crippen molar-refractivity contribution >= 4 is 33.5 Å². The summed E-state index contributed by atoms with van der Waals surface area (Å²) in [6.07, 6.45) is -10.2. The zero-order chi connectivity index (χ0) is 28.3. The number of nitrogens with zero attached hydrogens (tertiary/aromatic N) is 2. The van der Waals surface area contributed by atoms with Gasteiger partial charge < -0.3 is 14.8 Å². The summed E-state index contributed by atoms with van der Waals surface area (Å²) in [5, 5.41) is 5.82. The van der Waals surface area contributed by atoms with Crippen molar-refractivity contribution in [1.29, 1.82) is 0 Å². The summed E-state index contributed by atoms with van der Waals surface area (Å²) in [7, 11) is 0. The molecule has 3 rings (SSSR count). The molecule has 1 aromatic heterocycles. The molecule has 0 aliphatic heterocycles. The van der Waals surface area contributed by atoms with Gasteiger partial charge in [-0.1, -0.05) is 22.0 Å².